The van der Waals surface area contributed by atoms with Crippen LogP contribution in [0, 0.1) is 0 Å². The van der Waals surface area contributed by atoms with Crippen LogP contribution in [0.25, 0.3) is 0 Å². The fourth-order valence-corrected chi connectivity index (χ4v) is 2.50. The number of nitrogens with zero attached hydrogens (tertiary/aromatic N) is 1. The van der Waals surface area contributed by atoms with Crippen LogP contribution in [0.4, 0.5) is 0 Å². The van der Waals surface area contributed by atoms with Crippen LogP contribution in [-0.4, -0.2) is 50.3 Å². The lowest BCUT2D eigenvalue weighted by Gasteiger charge is -2.27. The van der Waals surface area contributed by atoms with Crippen molar-refractivity contribution in [2.45, 2.75) is 0 Å². The minimum atomic E-state index is 0.0179. The molecule has 0 radical (unpaired) electrons. The van der Waals surface area contributed by atoms with Gasteiger partial charge in [-0.05, 0) is 30.3 Å². The fourth-order valence-electron chi connectivity index (χ4n) is 2.50. The average Bonchev–Trinajstić information content (AvgIpc) is 2.66. The van der Waals surface area contributed by atoms with E-state index in [1.54, 1.807) is 11.0 Å². The zero-order chi connectivity index (χ0) is 16.6. The molecule has 24 heavy (non-hydrogen) atoms. The summed E-state index contributed by atoms with van der Waals surface area (Å²) in [4.78, 5) is 14.3. The third-order valence-electron chi connectivity index (χ3n) is 3.74. The van der Waals surface area contributed by atoms with E-state index in [1.807, 2.05) is 48.5 Å². The van der Waals surface area contributed by atoms with Crippen molar-refractivity contribution >= 4 is 5.91 Å². The number of rotatable bonds is 6. The van der Waals surface area contributed by atoms with Gasteiger partial charge in [0.1, 0.15) is 24.7 Å². The van der Waals surface area contributed by atoms with Crippen molar-refractivity contribution in [2.75, 3.05) is 39.5 Å². The molecule has 2 aromatic rings. The smallest absolute Gasteiger partial charge is 0.254 e. The molecule has 1 fully saturated rings. The molecule has 0 spiro atoms. The second kappa shape index (κ2) is 8.36. The van der Waals surface area contributed by atoms with Crippen molar-refractivity contribution in [1.82, 2.24) is 4.90 Å². The first-order valence-electron chi connectivity index (χ1n) is 8.11. The van der Waals surface area contributed by atoms with Crippen molar-refractivity contribution in [3.05, 3.63) is 60.2 Å². The Bertz CT molecular complexity index is 653. The summed E-state index contributed by atoms with van der Waals surface area (Å²) < 4.78 is 16.6. The molecule has 0 bridgehead atoms. The van der Waals surface area contributed by atoms with Gasteiger partial charge in [-0.2, -0.15) is 0 Å². The first kappa shape index (κ1) is 16.3. The number of para-hydroxylation sites is 1. The predicted octanol–water partition coefficient (Wildman–Crippen LogP) is 2.62. The maximum Gasteiger partial charge on any atom is 0.254 e. The number of hydrogen-bond acceptors (Lipinski definition) is 4. The number of hydrogen-bond donors (Lipinski definition) is 0. The zero-order valence-corrected chi connectivity index (χ0v) is 13.5. The molecule has 0 saturated carbocycles. The molecule has 1 saturated heterocycles. The largest absolute Gasteiger partial charge is 0.490 e. The van der Waals surface area contributed by atoms with Crippen LogP contribution >= 0.6 is 0 Å². The van der Waals surface area contributed by atoms with Gasteiger partial charge < -0.3 is 19.1 Å². The summed E-state index contributed by atoms with van der Waals surface area (Å²) in [5.74, 6) is 1.51. The highest BCUT2D eigenvalue weighted by Crippen LogP contribution is 2.16. The number of morpholine rings is 1. The van der Waals surface area contributed by atoms with Crippen LogP contribution in [-0.2, 0) is 4.74 Å². The van der Waals surface area contributed by atoms with Crippen LogP contribution in [0.15, 0.2) is 54.6 Å². The zero-order valence-electron chi connectivity index (χ0n) is 13.5. The lowest BCUT2D eigenvalue weighted by Crippen LogP contribution is -2.40. The molecule has 0 N–H and O–H groups in total. The highest BCUT2D eigenvalue weighted by molar-refractivity contribution is 5.94. The molecule has 0 atom stereocenters. The molecule has 126 valence electrons. The summed E-state index contributed by atoms with van der Waals surface area (Å²) in [6, 6.07) is 16.9. The standard InChI is InChI=1S/C19H21NO4/c21-19(20-9-11-22-12-10-20)16-5-4-8-18(15-16)24-14-13-23-17-6-2-1-3-7-17/h1-8,15H,9-14H2. The number of carbonyl (C=O) groups is 1. The fraction of sp³-hybridized carbons (Fsp3) is 0.316. The van der Waals surface area contributed by atoms with Gasteiger partial charge in [-0.25, -0.2) is 0 Å². The van der Waals surface area contributed by atoms with Gasteiger partial charge in [0.25, 0.3) is 5.91 Å². The first-order valence-corrected chi connectivity index (χ1v) is 8.11. The summed E-state index contributed by atoms with van der Waals surface area (Å²) in [5, 5.41) is 0. The first-order chi connectivity index (χ1) is 11.8. The van der Waals surface area contributed by atoms with Crippen LogP contribution in [0.2, 0.25) is 0 Å². The number of amides is 1. The molecule has 1 heterocycles. The SMILES string of the molecule is O=C(c1cccc(OCCOc2ccccc2)c1)N1CCOCC1. The van der Waals surface area contributed by atoms with Gasteiger partial charge in [0.2, 0.25) is 0 Å². The molecule has 3 rings (SSSR count). The summed E-state index contributed by atoms with van der Waals surface area (Å²) in [5.41, 5.74) is 0.637. The van der Waals surface area contributed by atoms with Gasteiger partial charge in [0.05, 0.1) is 13.2 Å². The highest BCUT2D eigenvalue weighted by atomic mass is 16.5. The minimum Gasteiger partial charge on any atom is -0.490 e. The Kier molecular flexibility index (Phi) is 5.69. The van der Waals surface area contributed by atoms with Crippen LogP contribution < -0.4 is 9.47 Å². The highest BCUT2D eigenvalue weighted by Gasteiger charge is 2.18. The molecular weight excluding hydrogens is 306 g/mol. The summed E-state index contributed by atoms with van der Waals surface area (Å²) in [6.07, 6.45) is 0. The summed E-state index contributed by atoms with van der Waals surface area (Å²) in [6.45, 7) is 3.33. The predicted molar refractivity (Wildman–Crippen MR) is 90.6 cm³/mol. The Morgan fingerprint density at radius 1 is 0.917 bits per heavy atom. The Morgan fingerprint density at radius 3 is 2.33 bits per heavy atom. The van der Waals surface area contributed by atoms with E-state index in [0.717, 1.165) is 5.75 Å². The Labute approximate surface area is 141 Å². The normalized spacial score (nSPS) is 14.2. The second-order valence-corrected chi connectivity index (χ2v) is 5.44. The summed E-state index contributed by atoms with van der Waals surface area (Å²) >= 11 is 0. The average molecular weight is 327 g/mol. The van der Waals surface area contributed by atoms with E-state index in [9.17, 15) is 4.79 Å². The van der Waals surface area contributed by atoms with E-state index in [-0.39, 0.29) is 5.91 Å². The van der Waals surface area contributed by atoms with Gasteiger partial charge in [0.15, 0.2) is 0 Å². The lowest BCUT2D eigenvalue weighted by molar-refractivity contribution is 0.0302. The monoisotopic (exact) mass is 327 g/mol. The number of benzene rings is 2. The third-order valence-corrected chi connectivity index (χ3v) is 3.74. The van der Waals surface area contributed by atoms with Crippen molar-refractivity contribution < 1.29 is 19.0 Å². The van der Waals surface area contributed by atoms with E-state index in [0.29, 0.717) is 50.8 Å². The van der Waals surface area contributed by atoms with Crippen molar-refractivity contribution in [1.29, 1.82) is 0 Å². The molecule has 0 aromatic heterocycles. The van der Waals surface area contributed by atoms with E-state index in [2.05, 4.69) is 0 Å². The van der Waals surface area contributed by atoms with Crippen molar-refractivity contribution in [3.8, 4) is 11.5 Å². The minimum absolute atomic E-state index is 0.0179. The van der Waals surface area contributed by atoms with E-state index >= 15 is 0 Å². The van der Waals surface area contributed by atoms with Gasteiger partial charge >= 0.3 is 0 Å². The molecular formula is C19H21NO4. The van der Waals surface area contributed by atoms with Crippen LogP contribution in [0.5, 0.6) is 11.5 Å². The Hall–Kier alpha value is -2.53. The van der Waals surface area contributed by atoms with Crippen LogP contribution in [0.1, 0.15) is 10.4 Å². The Balaban J connectivity index is 1.50. The molecule has 1 aliphatic rings. The van der Waals surface area contributed by atoms with Gasteiger partial charge in [0, 0.05) is 18.7 Å². The van der Waals surface area contributed by atoms with Crippen molar-refractivity contribution in [2.24, 2.45) is 0 Å². The van der Waals surface area contributed by atoms with E-state index < -0.39 is 0 Å². The molecule has 1 amide bonds. The molecule has 1 aliphatic heterocycles. The topological polar surface area (TPSA) is 48.0 Å². The molecule has 0 unspecified atom stereocenters. The quantitative estimate of drug-likeness (QED) is 0.765. The van der Waals surface area contributed by atoms with Gasteiger partial charge in [-0.3, -0.25) is 4.79 Å². The van der Waals surface area contributed by atoms with E-state index in [1.165, 1.54) is 0 Å². The number of ether oxygens (including phenoxy) is 3. The van der Waals surface area contributed by atoms with Gasteiger partial charge in [-0.1, -0.05) is 24.3 Å². The van der Waals surface area contributed by atoms with E-state index in [4.69, 9.17) is 14.2 Å². The molecule has 5 heteroatoms. The van der Waals surface area contributed by atoms with Crippen molar-refractivity contribution in [3.63, 3.8) is 0 Å². The maximum atomic E-state index is 12.5. The second-order valence-electron chi connectivity index (χ2n) is 5.44. The Morgan fingerprint density at radius 2 is 1.58 bits per heavy atom. The molecule has 5 nitrogen and oxygen atoms in total. The lowest BCUT2D eigenvalue weighted by atomic mass is 10.2. The third kappa shape index (κ3) is 4.49. The van der Waals surface area contributed by atoms with Gasteiger partial charge in [-0.15, -0.1) is 0 Å². The maximum absolute atomic E-state index is 12.5. The summed E-state index contributed by atoms with van der Waals surface area (Å²) in [7, 11) is 0. The van der Waals surface area contributed by atoms with Crippen LogP contribution in [0.3, 0.4) is 0 Å². The number of carbonyl (C=O) groups excluding carboxylic acids is 1. The molecule has 2 aromatic carbocycles. The molecule has 0 aliphatic carbocycles.